The minimum atomic E-state index is -2.62. The van der Waals surface area contributed by atoms with E-state index in [4.69, 9.17) is 9.84 Å². The smallest absolute Gasteiger partial charge is 0.331 e. The standard InChI is InChI=1S/C16H18O11/c1-26-9-6-7(2-4-8(9)17)3-5-10(18)27-14(16(24)25)12(20)11(19)13(21)15(22)23/h2-6,11-14,17,19-21H,1H3,(H,22,23)(H,24,25)/p-2/b5-3+/t11-,12+,13+,14-/m0/s1. The van der Waals surface area contributed by atoms with Crippen LogP contribution >= 0.6 is 0 Å². The Hall–Kier alpha value is -3.15. The zero-order valence-electron chi connectivity index (χ0n) is 13.8. The molecule has 0 saturated heterocycles. The molecule has 0 aliphatic carbocycles. The van der Waals surface area contributed by atoms with Crippen molar-refractivity contribution in [1.29, 1.82) is 0 Å². The maximum Gasteiger partial charge on any atom is 0.331 e. The van der Waals surface area contributed by atoms with Crippen molar-refractivity contribution in [3.05, 3.63) is 29.8 Å². The highest BCUT2D eigenvalue weighted by Crippen LogP contribution is 2.26. The van der Waals surface area contributed by atoms with E-state index in [9.17, 15) is 39.9 Å². The molecule has 1 aromatic rings. The van der Waals surface area contributed by atoms with Crippen LogP contribution < -0.4 is 14.9 Å². The maximum atomic E-state index is 11.7. The number of hydrogen-bond acceptors (Lipinski definition) is 11. The Morgan fingerprint density at radius 1 is 1.07 bits per heavy atom. The highest BCUT2D eigenvalue weighted by atomic mass is 16.6. The van der Waals surface area contributed by atoms with Crippen LogP contribution in [0.4, 0.5) is 0 Å². The van der Waals surface area contributed by atoms with Gasteiger partial charge in [0.1, 0.15) is 18.3 Å². The van der Waals surface area contributed by atoms with Gasteiger partial charge in [-0.15, -0.1) is 0 Å². The number of rotatable bonds is 9. The second kappa shape index (κ2) is 9.52. The zero-order valence-corrected chi connectivity index (χ0v) is 13.8. The molecule has 0 radical (unpaired) electrons. The van der Waals surface area contributed by atoms with Crippen molar-refractivity contribution < 1.29 is 54.5 Å². The monoisotopic (exact) mass is 384 g/mol. The van der Waals surface area contributed by atoms with Gasteiger partial charge in [0.15, 0.2) is 17.6 Å². The first-order valence-corrected chi connectivity index (χ1v) is 7.30. The Bertz CT molecular complexity index is 727. The first-order chi connectivity index (χ1) is 12.6. The highest BCUT2D eigenvalue weighted by Gasteiger charge is 2.35. The summed E-state index contributed by atoms with van der Waals surface area (Å²) in [5.41, 5.74) is 0.361. The van der Waals surface area contributed by atoms with Gasteiger partial charge in [-0.05, 0) is 23.8 Å². The van der Waals surface area contributed by atoms with Gasteiger partial charge in [0, 0.05) is 6.08 Å². The average Bonchev–Trinajstić information content (AvgIpc) is 2.63. The average molecular weight is 384 g/mol. The van der Waals surface area contributed by atoms with Gasteiger partial charge in [-0.1, -0.05) is 6.07 Å². The van der Waals surface area contributed by atoms with Gasteiger partial charge in [-0.3, -0.25) is 0 Å². The number of aliphatic hydroxyl groups excluding tert-OH is 3. The molecule has 0 aliphatic heterocycles. The first-order valence-electron chi connectivity index (χ1n) is 7.30. The fraction of sp³-hybridized carbons (Fsp3) is 0.312. The van der Waals surface area contributed by atoms with E-state index in [0.717, 1.165) is 12.2 Å². The normalized spacial score (nSPS) is 15.6. The van der Waals surface area contributed by atoms with Gasteiger partial charge in [0.2, 0.25) is 0 Å². The van der Waals surface area contributed by atoms with E-state index in [1.54, 1.807) is 0 Å². The SMILES string of the molecule is COc1cc(/C=C/C(=O)O[C@H](C(=O)[O-])[C@H](O)[C@H](O)[C@@H](O)C(=O)[O-])ccc1O. The van der Waals surface area contributed by atoms with Crippen LogP contribution in [0, 0.1) is 0 Å². The molecule has 0 aromatic heterocycles. The molecule has 0 unspecified atom stereocenters. The molecule has 1 aromatic carbocycles. The molecule has 27 heavy (non-hydrogen) atoms. The third-order valence-electron chi connectivity index (χ3n) is 3.32. The molecule has 11 heteroatoms. The summed E-state index contributed by atoms with van der Waals surface area (Å²) in [5.74, 6) is -5.65. The largest absolute Gasteiger partial charge is 0.547 e. The Balaban J connectivity index is 2.87. The van der Waals surface area contributed by atoms with Crippen molar-refractivity contribution in [2.24, 2.45) is 0 Å². The molecule has 0 fully saturated rings. The molecule has 1 rings (SSSR count). The number of benzene rings is 1. The van der Waals surface area contributed by atoms with Crippen LogP contribution in [0.2, 0.25) is 0 Å². The number of esters is 1. The zero-order chi connectivity index (χ0) is 20.7. The fourth-order valence-electron chi connectivity index (χ4n) is 1.89. The Kier molecular flexibility index (Phi) is 7.72. The quantitative estimate of drug-likeness (QED) is 0.238. The summed E-state index contributed by atoms with van der Waals surface area (Å²) in [5, 5.41) is 59.0. The first kappa shape index (κ1) is 21.9. The lowest BCUT2D eigenvalue weighted by molar-refractivity contribution is -0.327. The third-order valence-corrected chi connectivity index (χ3v) is 3.32. The predicted molar refractivity (Wildman–Crippen MR) is 81.6 cm³/mol. The summed E-state index contributed by atoms with van der Waals surface area (Å²) < 4.78 is 9.29. The van der Waals surface area contributed by atoms with E-state index in [2.05, 4.69) is 4.74 Å². The lowest BCUT2D eigenvalue weighted by atomic mass is 10.0. The number of phenolic OH excluding ortho intramolecular Hbond substituents is 1. The van der Waals surface area contributed by atoms with Gasteiger partial charge < -0.3 is 49.7 Å². The Labute approximate surface area is 152 Å². The summed E-state index contributed by atoms with van der Waals surface area (Å²) >= 11 is 0. The van der Waals surface area contributed by atoms with E-state index < -0.39 is 42.3 Å². The molecular formula is C16H16O11-2. The second-order valence-corrected chi connectivity index (χ2v) is 5.19. The minimum absolute atomic E-state index is 0.105. The van der Waals surface area contributed by atoms with Crippen molar-refractivity contribution in [1.82, 2.24) is 0 Å². The topological polar surface area (TPSA) is 197 Å². The summed E-state index contributed by atoms with van der Waals surface area (Å²) in [7, 11) is 1.30. The summed E-state index contributed by atoms with van der Waals surface area (Å²) in [6, 6.07) is 4.02. The Morgan fingerprint density at radius 3 is 2.22 bits per heavy atom. The van der Waals surface area contributed by atoms with E-state index in [0.29, 0.717) is 5.56 Å². The van der Waals surface area contributed by atoms with Crippen LogP contribution in [0.15, 0.2) is 24.3 Å². The molecule has 4 N–H and O–H groups in total. The molecule has 148 valence electrons. The molecule has 0 aliphatic rings. The van der Waals surface area contributed by atoms with E-state index in [-0.39, 0.29) is 11.5 Å². The van der Waals surface area contributed by atoms with Gasteiger partial charge in [0.25, 0.3) is 0 Å². The molecular weight excluding hydrogens is 368 g/mol. The van der Waals surface area contributed by atoms with Crippen LogP contribution in [0.5, 0.6) is 11.5 Å². The number of carboxylic acids is 2. The number of aliphatic hydroxyl groups is 3. The number of aliphatic carboxylic acids is 2. The van der Waals surface area contributed by atoms with Crippen molar-refractivity contribution in [2.75, 3.05) is 7.11 Å². The van der Waals surface area contributed by atoms with Crippen molar-refractivity contribution in [2.45, 2.75) is 24.4 Å². The van der Waals surface area contributed by atoms with E-state index in [1.807, 2.05) is 0 Å². The van der Waals surface area contributed by atoms with E-state index in [1.165, 1.54) is 25.3 Å². The molecule has 0 spiro atoms. The number of phenols is 1. The summed E-state index contributed by atoms with van der Waals surface area (Å²) in [6.07, 6.45) is -8.20. The van der Waals surface area contributed by atoms with Gasteiger partial charge >= 0.3 is 5.97 Å². The van der Waals surface area contributed by atoms with Crippen molar-refractivity contribution >= 4 is 24.0 Å². The summed E-state index contributed by atoms with van der Waals surface area (Å²) in [4.78, 5) is 33.2. The Morgan fingerprint density at radius 2 is 1.70 bits per heavy atom. The number of ether oxygens (including phenoxy) is 2. The van der Waals surface area contributed by atoms with Crippen LogP contribution in [0.25, 0.3) is 6.08 Å². The number of carbonyl (C=O) groups is 3. The fourth-order valence-corrected chi connectivity index (χ4v) is 1.89. The second-order valence-electron chi connectivity index (χ2n) is 5.19. The van der Waals surface area contributed by atoms with Gasteiger partial charge in [-0.25, -0.2) is 4.79 Å². The lowest BCUT2D eigenvalue weighted by Crippen LogP contribution is -2.56. The number of carboxylic acid groups (broad SMARTS) is 2. The molecule has 0 heterocycles. The maximum absolute atomic E-state index is 11.7. The molecule has 0 amide bonds. The predicted octanol–water partition coefficient (Wildman–Crippen LogP) is -4.09. The van der Waals surface area contributed by atoms with Gasteiger partial charge in [-0.2, -0.15) is 0 Å². The molecule has 0 saturated carbocycles. The van der Waals surface area contributed by atoms with Crippen LogP contribution in [0.3, 0.4) is 0 Å². The number of aromatic hydroxyl groups is 1. The highest BCUT2D eigenvalue weighted by molar-refractivity contribution is 5.89. The van der Waals surface area contributed by atoms with Crippen LogP contribution in [0.1, 0.15) is 5.56 Å². The minimum Gasteiger partial charge on any atom is -0.547 e. The number of carbonyl (C=O) groups excluding carboxylic acids is 3. The summed E-state index contributed by atoms with van der Waals surface area (Å²) in [6.45, 7) is 0. The lowest BCUT2D eigenvalue weighted by Gasteiger charge is -2.29. The molecule has 11 nitrogen and oxygen atoms in total. The number of methoxy groups -OCH3 is 1. The van der Waals surface area contributed by atoms with Crippen LogP contribution in [-0.2, 0) is 19.1 Å². The molecule has 4 atom stereocenters. The number of hydrogen-bond donors (Lipinski definition) is 4. The van der Waals surface area contributed by atoms with Crippen molar-refractivity contribution in [3.8, 4) is 11.5 Å². The van der Waals surface area contributed by atoms with Gasteiger partial charge in [0.05, 0.1) is 19.0 Å². The molecule has 0 bridgehead atoms. The van der Waals surface area contributed by atoms with Crippen molar-refractivity contribution in [3.63, 3.8) is 0 Å². The van der Waals surface area contributed by atoms with E-state index >= 15 is 0 Å². The third kappa shape index (κ3) is 5.95. The van der Waals surface area contributed by atoms with Crippen LogP contribution in [-0.4, -0.2) is 69.9 Å².